The van der Waals surface area contributed by atoms with Crippen molar-refractivity contribution in [3.05, 3.63) is 29.8 Å². The number of hydrogen-bond donors (Lipinski definition) is 3. The van der Waals surface area contributed by atoms with Crippen molar-refractivity contribution in [2.24, 2.45) is 0 Å². The molecule has 1 rings (SSSR count). The summed E-state index contributed by atoms with van der Waals surface area (Å²) in [6, 6.07) is 6.01. The Morgan fingerprint density at radius 3 is 2.00 bits per heavy atom. The van der Waals surface area contributed by atoms with E-state index in [1.165, 1.54) is 12.1 Å². The van der Waals surface area contributed by atoms with Gasteiger partial charge in [-0.3, -0.25) is 0 Å². The molecule has 0 heterocycles. The Balaban J connectivity index is 2.96. The van der Waals surface area contributed by atoms with Crippen LogP contribution in [-0.4, -0.2) is 61.0 Å². The fourth-order valence-corrected chi connectivity index (χ4v) is 3.08. The van der Waals surface area contributed by atoms with Gasteiger partial charge in [-0.1, -0.05) is 11.8 Å². The number of sulfonamides is 1. The highest BCUT2D eigenvalue weighted by molar-refractivity contribution is 7.89. The third-order valence-electron chi connectivity index (χ3n) is 2.66. The van der Waals surface area contributed by atoms with E-state index in [1.54, 1.807) is 12.1 Å². The first kappa shape index (κ1) is 17.6. The minimum atomic E-state index is -3.74. The molecular formula is C14H19NO5S. The Labute approximate surface area is 124 Å². The lowest BCUT2D eigenvalue weighted by Gasteiger charge is -2.20. The SMILES string of the molecule is O=S(=O)(c1ccc(C#CCCO)cc1)N(CCO)CCO. The monoisotopic (exact) mass is 313 g/mol. The molecule has 21 heavy (non-hydrogen) atoms. The molecule has 0 radical (unpaired) electrons. The first-order valence-electron chi connectivity index (χ1n) is 6.48. The van der Waals surface area contributed by atoms with Gasteiger partial charge < -0.3 is 15.3 Å². The molecule has 6 nitrogen and oxygen atoms in total. The molecule has 0 spiro atoms. The molecule has 0 unspecified atom stereocenters. The van der Waals surface area contributed by atoms with Crippen LogP contribution in [0.2, 0.25) is 0 Å². The van der Waals surface area contributed by atoms with E-state index in [0.717, 1.165) is 4.31 Å². The van der Waals surface area contributed by atoms with Gasteiger partial charge in [0.2, 0.25) is 10.0 Å². The standard InChI is InChI=1S/C14H19NO5S/c16-10-2-1-3-13-4-6-14(7-5-13)21(19,20)15(8-11-17)9-12-18/h4-7,16-18H,2,8-12H2. The van der Waals surface area contributed by atoms with Crippen LogP contribution in [-0.2, 0) is 10.0 Å². The zero-order chi connectivity index (χ0) is 15.7. The third kappa shape index (κ3) is 5.12. The molecular weight excluding hydrogens is 294 g/mol. The summed E-state index contributed by atoms with van der Waals surface area (Å²) in [4.78, 5) is 0.0807. The summed E-state index contributed by atoms with van der Waals surface area (Å²) in [6.45, 7) is -0.785. The molecule has 0 fully saturated rings. The first-order valence-corrected chi connectivity index (χ1v) is 7.92. The number of hydrogen-bond acceptors (Lipinski definition) is 5. The molecule has 0 aliphatic rings. The van der Waals surface area contributed by atoms with Crippen molar-refractivity contribution in [3.8, 4) is 11.8 Å². The molecule has 0 aliphatic heterocycles. The van der Waals surface area contributed by atoms with Crippen molar-refractivity contribution < 1.29 is 23.7 Å². The lowest BCUT2D eigenvalue weighted by Crippen LogP contribution is -2.35. The van der Waals surface area contributed by atoms with Gasteiger partial charge in [0, 0.05) is 25.1 Å². The molecule has 0 amide bonds. The van der Waals surface area contributed by atoms with Gasteiger partial charge in [-0.25, -0.2) is 8.42 Å². The predicted molar refractivity (Wildman–Crippen MR) is 78.0 cm³/mol. The summed E-state index contributed by atoms with van der Waals surface area (Å²) in [5.41, 5.74) is 0.651. The van der Waals surface area contributed by atoms with E-state index in [-0.39, 0.29) is 37.8 Å². The average molecular weight is 313 g/mol. The minimum absolute atomic E-state index is 0.0171. The average Bonchev–Trinajstić information content (AvgIpc) is 2.48. The van der Waals surface area contributed by atoms with Crippen molar-refractivity contribution in [1.29, 1.82) is 0 Å². The zero-order valence-electron chi connectivity index (χ0n) is 11.6. The fourth-order valence-electron chi connectivity index (χ4n) is 1.66. The summed E-state index contributed by atoms with van der Waals surface area (Å²) < 4.78 is 25.7. The Morgan fingerprint density at radius 1 is 0.952 bits per heavy atom. The van der Waals surface area contributed by atoms with Crippen LogP contribution in [0, 0.1) is 11.8 Å². The second kappa shape index (κ2) is 8.77. The van der Waals surface area contributed by atoms with Gasteiger partial charge in [-0.15, -0.1) is 0 Å². The summed E-state index contributed by atoms with van der Waals surface area (Å²) in [6.07, 6.45) is 0.362. The highest BCUT2D eigenvalue weighted by atomic mass is 32.2. The van der Waals surface area contributed by atoms with Crippen molar-refractivity contribution >= 4 is 10.0 Å². The van der Waals surface area contributed by atoms with Crippen LogP contribution >= 0.6 is 0 Å². The molecule has 0 aromatic heterocycles. The van der Waals surface area contributed by atoms with E-state index in [2.05, 4.69) is 11.8 Å². The molecule has 1 aromatic rings. The number of benzene rings is 1. The number of aliphatic hydroxyl groups is 3. The molecule has 0 saturated carbocycles. The second-order valence-corrected chi connectivity index (χ2v) is 6.09. The Hall–Kier alpha value is -1.43. The van der Waals surface area contributed by atoms with Crippen LogP contribution in [0.25, 0.3) is 0 Å². The van der Waals surface area contributed by atoms with Crippen molar-refractivity contribution in [2.75, 3.05) is 32.9 Å². The number of nitrogens with zero attached hydrogens (tertiary/aromatic N) is 1. The Kier molecular flexibility index (Phi) is 7.36. The highest BCUT2D eigenvalue weighted by Crippen LogP contribution is 2.15. The topological polar surface area (TPSA) is 98.1 Å². The third-order valence-corrected chi connectivity index (χ3v) is 4.57. The van der Waals surface area contributed by atoms with Gasteiger partial charge in [0.1, 0.15) is 0 Å². The van der Waals surface area contributed by atoms with Crippen LogP contribution in [0.15, 0.2) is 29.2 Å². The van der Waals surface area contributed by atoms with Gasteiger partial charge in [-0.05, 0) is 24.3 Å². The molecule has 0 atom stereocenters. The quantitative estimate of drug-likeness (QED) is 0.584. The zero-order valence-corrected chi connectivity index (χ0v) is 12.4. The summed E-state index contributed by atoms with van der Waals surface area (Å²) in [7, 11) is -3.74. The van der Waals surface area contributed by atoms with Gasteiger partial charge in [-0.2, -0.15) is 4.31 Å². The van der Waals surface area contributed by atoms with E-state index in [9.17, 15) is 8.42 Å². The Morgan fingerprint density at radius 2 is 1.52 bits per heavy atom. The van der Waals surface area contributed by atoms with E-state index in [0.29, 0.717) is 12.0 Å². The van der Waals surface area contributed by atoms with E-state index < -0.39 is 10.0 Å². The van der Waals surface area contributed by atoms with Crippen molar-refractivity contribution in [1.82, 2.24) is 4.31 Å². The van der Waals surface area contributed by atoms with Crippen molar-refractivity contribution in [3.63, 3.8) is 0 Å². The summed E-state index contributed by atoms with van der Waals surface area (Å²) >= 11 is 0. The van der Waals surface area contributed by atoms with E-state index in [4.69, 9.17) is 15.3 Å². The minimum Gasteiger partial charge on any atom is -0.395 e. The van der Waals surface area contributed by atoms with Crippen LogP contribution in [0.4, 0.5) is 0 Å². The molecule has 116 valence electrons. The summed E-state index contributed by atoms with van der Waals surface area (Å²) in [5.74, 6) is 5.55. The number of rotatable bonds is 7. The van der Waals surface area contributed by atoms with Gasteiger partial charge >= 0.3 is 0 Å². The van der Waals surface area contributed by atoms with Crippen molar-refractivity contribution in [2.45, 2.75) is 11.3 Å². The Bertz CT molecular complexity index is 580. The molecule has 1 aromatic carbocycles. The molecule has 7 heteroatoms. The largest absolute Gasteiger partial charge is 0.395 e. The first-order chi connectivity index (χ1) is 10.1. The lowest BCUT2D eigenvalue weighted by atomic mass is 10.2. The van der Waals surface area contributed by atoms with Gasteiger partial charge in [0.05, 0.1) is 24.7 Å². The molecule has 0 saturated heterocycles. The normalized spacial score (nSPS) is 11.2. The van der Waals surface area contributed by atoms with Crippen LogP contribution < -0.4 is 0 Å². The lowest BCUT2D eigenvalue weighted by molar-refractivity contribution is 0.217. The smallest absolute Gasteiger partial charge is 0.243 e. The van der Waals surface area contributed by atoms with Gasteiger partial charge in [0.15, 0.2) is 0 Å². The maximum atomic E-state index is 12.3. The van der Waals surface area contributed by atoms with E-state index in [1.807, 2.05) is 0 Å². The van der Waals surface area contributed by atoms with E-state index >= 15 is 0 Å². The fraction of sp³-hybridized carbons (Fsp3) is 0.429. The second-order valence-electron chi connectivity index (χ2n) is 4.15. The van der Waals surface area contributed by atoms with Gasteiger partial charge in [0.25, 0.3) is 0 Å². The van der Waals surface area contributed by atoms with Crippen LogP contribution in [0.3, 0.4) is 0 Å². The number of aliphatic hydroxyl groups excluding tert-OH is 3. The summed E-state index contributed by atoms with van der Waals surface area (Å²) in [5, 5.41) is 26.5. The van der Waals surface area contributed by atoms with Crippen LogP contribution in [0.1, 0.15) is 12.0 Å². The predicted octanol–water partition coefficient (Wildman–Crippen LogP) is -0.604. The highest BCUT2D eigenvalue weighted by Gasteiger charge is 2.23. The molecule has 3 N–H and O–H groups in total. The molecule has 0 aliphatic carbocycles. The maximum absolute atomic E-state index is 12.3. The molecule has 0 bridgehead atoms. The van der Waals surface area contributed by atoms with Crippen LogP contribution in [0.5, 0.6) is 0 Å². The maximum Gasteiger partial charge on any atom is 0.243 e.